The zero-order chi connectivity index (χ0) is 22.7. The minimum Gasteiger partial charge on any atom is -0.485 e. The Labute approximate surface area is 193 Å². The number of hydrogen-bond acceptors (Lipinski definition) is 7. The molecule has 0 bridgehead atoms. The molecule has 0 unspecified atom stereocenters. The van der Waals surface area contributed by atoms with Gasteiger partial charge in [-0.2, -0.15) is 0 Å². The van der Waals surface area contributed by atoms with Crippen LogP contribution in [0.4, 0.5) is 0 Å². The Hall–Kier alpha value is -3.78. The van der Waals surface area contributed by atoms with Crippen molar-refractivity contribution in [1.29, 1.82) is 0 Å². The van der Waals surface area contributed by atoms with Crippen molar-refractivity contribution in [1.82, 2.24) is 24.6 Å². The molecular formula is C25H21N5O2S. The Kier molecular flexibility index (Phi) is 4.45. The molecule has 0 aliphatic heterocycles. The Morgan fingerprint density at radius 2 is 1.88 bits per heavy atom. The number of benzene rings is 1. The second kappa shape index (κ2) is 7.38. The standard InChI is InChI=1S/C25H21N5O2S/c1-13-5-6-14(2)19(9-13)31-11-17-7-8-18(32-17)23-28-24-22-21(26-12-30(24)29-23)20-15(3)10-16(4)27-25(20)33-22/h5-10,12H,11H2,1-4H3. The van der Waals surface area contributed by atoms with E-state index in [2.05, 4.69) is 35.2 Å². The van der Waals surface area contributed by atoms with E-state index in [1.54, 1.807) is 22.2 Å². The first-order valence-electron chi connectivity index (χ1n) is 10.7. The van der Waals surface area contributed by atoms with Gasteiger partial charge in [-0.15, -0.1) is 16.4 Å². The van der Waals surface area contributed by atoms with E-state index in [1.165, 1.54) is 5.56 Å². The van der Waals surface area contributed by atoms with Crippen molar-refractivity contribution in [2.75, 3.05) is 0 Å². The fraction of sp³-hybridized carbons (Fsp3) is 0.200. The summed E-state index contributed by atoms with van der Waals surface area (Å²) in [6.45, 7) is 8.52. The summed E-state index contributed by atoms with van der Waals surface area (Å²) < 4.78 is 14.6. The van der Waals surface area contributed by atoms with Crippen molar-refractivity contribution in [2.24, 2.45) is 0 Å². The fourth-order valence-electron chi connectivity index (χ4n) is 4.06. The number of aromatic nitrogens is 5. The van der Waals surface area contributed by atoms with Gasteiger partial charge in [0.25, 0.3) is 0 Å². The maximum atomic E-state index is 6.00. The third-order valence-corrected chi connectivity index (χ3v) is 6.76. The number of rotatable bonds is 4. The number of nitrogens with zero attached hydrogens (tertiary/aromatic N) is 5. The average molecular weight is 456 g/mol. The number of thiophene rings is 1. The number of pyridine rings is 1. The molecule has 7 nitrogen and oxygen atoms in total. The first kappa shape index (κ1) is 19.9. The highest BCUT2D eigenvalue weighted by Gasteiger charge is 2.18. The molecule has 0 amide bonds. The number of hydrogen-bond donors (Lipinski definition) is 0. The number of furan rings is 1. The molecule has 0 radical (unpaired) electrons. The Balaban J connectivity index is 1.35. The lowest BCUT2D eigenvalue weighted by atomic mass is 10.1. The number of ether oxygens (including phenoxy) is 1. The van der Waals surface area contributed by atoms with E-state index in [9.17, 15) is 0 Å². The largest absolute Gasteiger partial charge is 0.485 e. The van der Waals surface area contributed by atoms with E-state index >= 15 is 0 Å². The van der Waals surface area contributed by atoms with Crippen LogP contribution in [-0.2, 0) is 6.61 Å². The van der Waals surface area contributed by atoms with Gasteiger partial charge in [-0.1, -0.05) is 12.1 Å². The molecule has 5 aromatic heterocycles. The second-order valence-corrected chi connectivity index (χ2v) is 9.31. The van der Waals surface area contributed by atoms with Gasteiger partial charge in [-0.05, 0) is 68.7 Å². The molecule has 0 spiro atoms. The van der Waals surface area contributed by atoms with Crippen molar-refractivity contribution in [3.63, 3.8) is 0 Å². The van der Waals surface area contributed by atoms with E-state index in [-0.39, 0.29) is 0 Å². The minimum absolute atomic E-state index is 0.337. The lowest BCUT2D eigenvalue weighted by Crippen LogP contribution is -1.96. The Morgan fingerprint density at radius 3 is 2.76 bits per heavy atom. The molecule has 6 rings (SSSR count). The van der Waals surface area contributed by atoms with Crippen LogP contribution in [0, 0.1) is 27.7 Å². The summed E-state index contributed by atoms with van der Waals surface area (Å²) in [5.74, 6) is 2.68. The van der Waals surface area contributed by atoms with Gasteiger partial charge in [-0.25, -0.2) is 19.5 Å². The van der Waals surface area contributed by atoms with Crippen molar-refractivity contribution >= 4 is 37.4 Å². The monoisotopic (exact) mass is 455 g/mol. The highest BCUT2D eigenvalue weighted by atomic mass is 32.1. The number of aryl methyl sites for hydroxylation is 4. The molecule has 0 saturated carbocycles. The van der Waals surface area contributed by atoms with Crippen LogP contribution in [0.2, 0.25) is 0 Å². The lowest BCUT2D eigenvalue weighted by Gasteiger charge is -2.08. The summed E-state index contributed by atoms with van der Waals surface area (Å²) in [7, 11) is 0. The zero-order valence-corrected chi connectivity index (χ0v) is 19.5. The van der Waals surface area contributed by atoms with E-state index < -0.39 is 0 Å². The van der Waals surface area contributed by atoms with Crippen molar-refractivity contribution in [2.45, 2.75) is 34.3 Å². The number of fused-ring (bicyclic) bond motifs is 5. The smallest absolute Gasteiger partial charge is 0.218 e. The van der Waals surface area contributed by atoms with Gasteiger partial charge in [0.2, 0.25) is 5.82 Å². The van der Waals surface area contributed by atoms with E-state index in [0.29, 0.717) is 24.0 Å². The highest BCUT2D eigenvalue weighted by molar-refractivity contribution is 7.26. The van der Waals surface area contributed by atoms with Crippen LogP contribution in [0.3, 0.4) is 0 Å². The minimum atomic E-state index is 0.337. The van der Waals surface area contributed by atoms with Crippen LogP contribution in [-0.4, -0.2) is 24.6 Å². The first-order chi connectivity index (χ1) is 16.0. The van der Waals surface area contributed by atoms with Crippen LogP contribution in [0.5, 0.6) is 5.75 Å². The van der Waals surface area contributed by atoms with Crippen LogP contribution in [0.1, 0.15) is 28.1 Å². The van der Waals surface area contributed by atoms with E-state index in [0.717, 1.165) is 48.7 Å². The zero-order valence-electron chi connectivity index (χ0n) is 18.7. The molecule has 0 fully saturated rings. The van der Waals surface area contributed by atoms with Gasteiger partial charge in [0.15, 0.2) is 11.4 Å². The Bertz CT molecular complexity index is 1680. The van der Waals surface area contributed by atoms with Crippen molar-refractivity contribution in [3.05, 3.63) is 70.9 Å². The summed E-state index contributed by atoms with van der Waals surface area (Å²) >= 11 is 1.59. The third kappa shape index (κ3) is 3.34. The summed E-state index contributed by atoms with van der Waals surface area (Å²) in [6.07, 6.45) is 1.70. The van der Waals surface area contributed by atoms with Crippen LogP contribution >= 0.6 is 11.3 Å². The van der Waals surface area contributed by atoms with Gasteiger partial charge in [-0.3, -0.25) is 0 Å². The fourth-order valence-corrected chi connectivity index (χ4v) is 5.29. The van der Waals surface area contributed by atoms with Crippen molar-refractivity contribution < 1.29 is 9.15 Å². The van der Waals surface area contributed by atoms with Gasteiger partial charge < -0.3 is 9.15 Å². The summed E-state index contributed by atoms with van der Waals surface area (Å²) in [4.78, 5) is 15.1. The van der Waals surface area contributed by atoms with Gasteiger partial charge in [0, 0.05) is 11.1 Å². The van der Waals surface area contributed by atoms with E-state index in [4.69, 9.17) is 19.1 Å². The molecule has 0 N–H and O–H groups in total. The van der Waals surface area contributed by atoms with Crippen LogP contribution in [0.25, 0.3) is 37.7 Å². The van der Waals surface area contributed by atoms with Gasteiger partial charge >= 0.3 is 0 Å². The molecule has 1 aromatic carbocycles. The summed E-state index contributed by atoms with van der Waals surface area (Å²) in [6, 6.07) is 12.0. The molecule has 8 heteroatoms. The molecule has 6 aromatic rings. The molecule has 164 valence electrons. The quantitative estimate of drug-likeness (QED) is 0.326. The predicted molar refractivity (Wildman–Crippen MR) is 129 cm³/mol. The SMILES string of the molecule is Cc1ccc(C)c(OCc2ccc(-c3nc4c5sc6nc(C)cc(C)c6c5ncn4n3)o2)c1. The van der Waals surface area contributed by atoms with Gasteiger partial charge in [0.1, 0.15) is 34.0 Å². The normalized spacial score (nSPS) is 11.8. The topological polar surface area (TPSA) is 78.3 Å². The molecule has 0 aliphatic rings. The first-order valence-corrected chi connectivity index (χ1v) is 11.5. The van der Waals surface area contributed by atoms with Gasteiger partial charge in [0.05, 0.1) is 5.52 Å². The molecule has 33 heavy (non-hydrogen) atoms. The Morgan fingerprint density at radius 1 is 1.00 bits per heavy atom. The molecule has 0 atom stereocenters. The summed E-state index contributed by atoms with van der Waals surface area (Å²) in [5.41, 5.74) is 6.07. The molecule has 0 aliphatic carbocycles. The highest BCUT2D eigenvalue weighted by Crippen LogP contribution is 2.36. The maximum Gasteiger partial charge on any atom is 0.218 e. The summed E-state index contributed by atoms with van der Waals surface area (Å²) in [5, 5.41) is 5.68. The van der Waals surface area contributed by atoms with E-state index in [1.807, 2.05) is 39.0 Å². The van der Waals surface area contributed by atoms with Crippen LogP contribution < -0.4 is 4.74 Å². The van der Waals surface area contributed by atoms with Crippen LogP contribution in [0.15, 0.2) is 47.1 Å². The average Bonchev–Trinajstić information content (AvgIpc) is 3.49. The second-order valence-electron chi connectivity index (χ2n) is 8.31. The maximum absolute atomic E-state index is 6.00. The predicted octanol–water partition coefficient (Wildman–Crippen LogP) is 5.96. The lowest BCUT2D eigenvalue weighted by molar-refractivity contribution is 0.270. The molecular weight excluding hydrogens is 434 g/mol. The molecule has 5 heterocycles. The third-order valence-electron chi connectivity index (χ3n) is 5.69. The molecule has 0 saturated heterocycles. The van der Waals surface area contributed by atoms with Crippen molar-refractivity contribution in [3.8, 4) is 17.3 Å².